The third-order valence-electron chi connectivity index (χ3n) is 5.22. The highest BCUT2D eigenvalue weighted by molar-refractivity contribution is 7.89. The van der Waals surface area contributed by atoms with Crippen LogP contribution in [0, 0.1) is 5.92 Å². The second kappa shape index (κ2) is 9.24. The smallest absolute Gasteiger partial charge is 0.243 e. The number of anilines is 2. The zero-order valence-electron chi connectivity index (χ0n) is 17.3. The van der Waals surface area contributed by atoms with Gasteiger partial charge in [-0.3, -0.25) is 4.79 Å². The van der Waals surface area contributed by atoms with E-state index in [1.54, 1.807) is 24.3 Å². The van der Waals surface area contributed by atoms with E-state index in [0.717, 1.165) is 5.69 Å². The number of carbonyl (C=O) groups excluding carboxylic acids is 1. The average molecular weight is 452 g/mol. The second-order valence-corrected chi connectivity index (χ2v) is 9.77. The highest BCUT2D eigenvalue weighted by Crippen LogP contribution is 2.30. The monoisotopic (exact) mass is 451 g/mol. The van der Waals surface area contributed by atoms with E-state index in [0.29, 0.717) is 42.4 Å². The predicted octanol–water partition coefficient (Wildman–Crippen LogP) is 3.45. The third-order valence-corrected chi connectivity index (χ3v) is 7.37. The van der Waals surface area contributed by atoms with E-state index >= 15 is 0 Å². The maximum Gasteiger partial charge on any atom is 0.243 e. The van der Waals surface area contributed by atoms with Crippen LogP contribution in [-0.2, 0) is 14.8 Å². The summed E-state index contributed by atoms with van der Waals surface area (Å²) < 4.78 is 32.3. The fourth-order valence-corrected chi connectivity index (χ4v) is 5.13. The lowest BCUT2D eigenvalue weighted by molar-refractivity contribution is -0.120. The summed E-state index contributed by atoms with van der Waals surface area (Å²) in [6.45, 7) is 0.588. The van der Waals surface area contributed by atoms with Gasteiger partial charge in [0.1, 0.15) is 5.75 Å². The summed E-state index contributed by atoms with van der Waals surface area (Å²) in [7, 11) is 1.72. The Bertz CT molecular complexity index is 1000. The van der Waals surface area contributed by atoms with Gasteiger partial charge in [0.05, 0.1) is 23.4 Å². The Hall–Kier alpha value is -2.29. The Morgan fingerprint density at radius 2 is 1.77 bits per heavy atom. The lowest BCUT2D eigenvalue weighted by Gasteiger charge is -2.31. The molecule has 9 heteroatoms. The minimum absolute atomic E-state index is 0.123. The normalized spacial score (nSPS) is 15.6. The molecule has 1 heterocycles. The van der Waals surface area contributed by atoms with Gasteiger partial charge >= 0.3 is 0 Å². The Morgan fingerprint density at radius 3 is 2.33 bits per heavy atom. The van der Waals surface area contributed by atoms with Gasteiger partial charge in [0.2, 0.25) is 15.9 Å². The summed E-state index contributed by atoms with van der Waals surface area (Å²) in [5.41, 5.74) is 1.50. The highest BCUT2D eigenvalue weighted by Gasteiger charge is 2.32. The average Bonchev–Trinajstić information content (AvgIpc) is 2.73. The number of piperidine rings is 1. The molecule has 1 saturated heterocycles. The summed E-state index contributed by atoms with van der Waals surface area (Å²) in [6.07, 6.45) is 0.915. The first-order chi connectivity index (χ1) is 14.2. The minimum atomic E-state index is -3.60. The number of nitrogens with one attached hydrogen (secondary N) is 1. The molecule has 162 valence electrons. The van der Waals surface area contributed by atoms with Gasteiger partial charge in [-0.25, -0.2) is 8.42 Å². The van der Waals surface area contributed by atoms with Crippen LogP contribution in [0.5, 0.6) is 5.75 Å². The lowest BCUT2D eigenvalue weighted by atomic mass is 9.97. The Labute approximate surface area is 182 Å². The number of carbonyl (C=O) groups is 1. The van der Waals surface area contributed by atoms with Gasteiger partial charge in [-0.1, -0.05) is 11.6 Å². The summed E-state index contributed by atoms with van der Waals surface area (Å²) in [5.74, 6) is 0.214. The summed E-state index contributed by atoms with van der Waals surface area (Å²) >= 11 is 6.09. The van der Waals surface area contributed by atoms with Crippen molar-refractivity contribution in [1.82, 2.24) is 4.31 Å². The number of halogens is 1. The molecule has 1 aliphatic rings. The standard InChI is InChI=1S/C21H26ClN3O4S/c1-24(2)20-9-4-16(22)14-19(20)23-21(26)15-10-12-25(13-11-15)30(27,28)18-7-5-17(29-3)6-8-18/h4-9,14-15H,10-13H2,1-3H3,(H,23,26). The molecule has 2 aromatic carbocycles. The van der Waals surface area contributed by atoms with Crippen LogP contribution in [0.15, 0.2) is 47.4 Å². The molecule has 1 amide bonds. The largest absolute Gasteiger partial charge is 0.497 e. The fourth-order valence-electron chi connectivity index (χ4n) is 3.49. The van der Waals surface area contributed by atoms with Gasteiger partial charge in [0, 0.05) is 38.1 Å². The molecule has 0 radical (unpaired) electrons. The van der Waals surface area contributed by atoms with Crippen molar-refractivity contribution in [3.8, 4) is 5.75 Å². The molecular weight excluding hydrogens is 426 g/mol. The van der Waals surface area contributed by atoms with Gasteiger partial charge in [0.25, 0.3) is 0 Å². The maximum absolute atomic E-state index is 12.9. The molecule has 3 rings (SSSR count). The molecule has 1 N–H and O–H groups in total. The number of ether oxygens (including phenoxy) is 1. The molecule has 0 spiro atoms. The molecule has 0 atom stereocenters. The molecule has 7 nitrogen and oxygen atoms in total. The third kappa shape index (κ3) is 4.88. The maximum atomic E-state index is 12.9. The van der Waals surface area contributed by atoms with Gasteiger partial charge in [-0.15, -0.1) is 0 Å². The zero-order chi connectivity index (χ0) is 21.9. The number of hydrogen-bond acceptors (Lipinski definition) is 5. The first-order valence-electron chi connectivity index (χ1n) is 9.64. The lowest BCUT2D eigenvalue weighted by Crippen LogP contribution is -2.41. The van der Waals surface area contributed by atoms with Crippen LogP contribution in [-0.4, -0.2) is 52.9 Å². The zero-order valence-corrected chi connectivity index (χ0v) is 18.8. The molecule has 0 bridgehead atoms. The topological polar surface area (TPSA) is 79.0 Å². The molecule has 0 aromatic heterocycles. The van der Waals surface area contributed by atoms with Crippen LogP contribution in [0.4, 0.5) is 11.4 Å². The van der Waals surface area contributed by atoms with E-state index in [1.807, 2.05) is 25.1 Å². The SMILES string of the molecule is COc1ccc(S(=O)(=O)N2CCC(C(=O)Nc3cc(Cl)ccc3N(C)C)CC2)cc1. The number of hydrogen-bond donors (Lipinski definition) is 1. The molecule has 0 saturated carbocycles. The van der Waals surface area contributed by atoms with Gasteiger partial charge in [-0.05, 0) is 55.3 Å². The molecule has 0 unspecified atom stereocenters. The van der Waals surface area contributed by atoms with Crippen LogP contribution in [0.2, 0.25) is 5.02 Å². The summed E-state index contributed by atoms with van der Waals surface area (Å²) in [4.78, 5) is 14.9. The quantitative estimate of drug-likeness (QED) is 0.727. The number of methoxy groups -OCH3 is 1. The van der Waals surface area contributed by atoms with Crippen molar-refractivity contribution in [3.63, 3.8) is 0 Å². The summed E-state index contributed by atoms with van der Waals surface area (Å²) in [5, 5.41) is 3.49. The molecule has 2 aromatic rings. The van der Waals surface area contributed by atoms with Crippen molar-refractivity contribution >= 4 is 38.9 Å². The van der Waals surface area contributed by atoms with Crippen LogP contribution in [0.1, 0.15) is 12.8 Å². The van der Waals surface area contributed by atoms with E-state index in [-0.39, 0.29) is 16.7 Å². The predicted molar refractivity (Wildman–Crippen MR) is 119 cm³/mol. The number of rotatable bonds is 6. The first-order valence-corrected chi connectivity index (χ1v) is 11.5. The Kier molecular flexibility index (Phi) is 6.90. The Balaban J connectivity index is 1.65. The number of sulfonamides is 1. The van der Waals surface area contributed by atoms with E-state index < -0.39 is 10.0 Å². The van der Waals surface area contributed by atoms with Crippen molar-refractivity contribution in [3.05, 3.63) is 47.5 Å². The molecule has 0 aliphatic carbocycles. The minimum Gasteiger partial charge on any atom is -0.497 e. The highest BCUT2D eigenvalue weighted by atomic mass is 35.5. The van der Waals surface area contributed by atoms with E-state index in [9.17, 15) is 13.2 Å². The molecular formula is C21H26ClN3O4S. The van der Waals surface area contributed by atoms with Crippen molar-refractivity contribution in [2.24, 2.45) is 5.92 Å². The van der Waals surface area contributed by atoms with Crippen molar-refractivity contribution in [2.75, 3.05) is 44.5 Å². The molecule has 1 fully saturated rings. The fraction of sp³-hybridized carbons (Fsp3) is 0.381. The number of benzene rings is 2. The number of nitrogens with zero attached hydrogens (tertiary/aromatic N) is 2. The summed E-state index contributed by atoms with van der Waals surface area (Å²) in [6, 6.07) is 11.7. The van der Waals surface area contributed by atoms with Crippen molar-refractivity contribution in [2.45, 2.75) is 17.7 Å². The Morgan fingerprint density at radius 1 is 1.13 bits per heavy atom. The van der Waals surface area contributed by atoms with Gasteiger partial charge in [0.15, 0.2) is 0 Å². The van der Waals surface area contributed by atoms with Crippen LogP contribution >= 0.6 is 11.6 Å². The molecule has 1 aliphatic heterocycles. The second-order valence-electron chi connectivity index (χ2n) is 7.40. The van der Waals surface area contributed by atoms with E-state index in [4.69, 9.17) is 16.3 Å². The van der Waals surface area contributed by atoms with Gasteiger partial charge in [-0.2, -0.15) is 4.31 Å². The number of amides is 1. The van der Waals surface area contributed by atoms with Gasteiger partial charge < -0.3 is 15.0 Å². The van der Waals surface area contributed by atoms with Crippen LogP contribution in [0.3, 0.4) is 0 Å². The van der Waals surface area contributed by atoms with Crippen molar-refractivity contribution in [1.29, 1.82) is 0 Å². The van der Waals surface area contributed by atoms with Crippen LogP contribution in [0.25, 0.3) is 0 Å². The van der Waals surface area contributed by atoms with E-state index in [1.165, 1.54) is 23.5 Å². The first kappa shape index (κ1) is 22.4. The van der Waals surface area contributed by atoms with E-state index in [2.05, 4.69) is 5.32 Å². The van der Waals surface area contributed by atoms with Crippen molar-refractivity contribution < 1.29 is 17.9 Å². The van der Waals surface area contributed by atoms with Crippen LogP contribution < -0.4 is 15.0 Å². The molecule has 30 heavy (non-hydrogen) atoms.